The number of aryl methyl sites for hydroxylation is 1. The van der Waals surface area contributed by atoms with E-state index < -0.39 is 0 Å². The van der Waals surface area contributed by atoms with Gasteiger partial charge in [-0.15, -0.1) is 0 Å². The summed E-state index contributed by atoms with van der Waals surface area (Å²) in [7, 11) is 1.57. The zero-order valence-electron chi connectivity index (χ0n) is 20.1. The average molecular weight is 487 g/mol. The molecule has 1 fully saturated rings. The minimum absolute atomic E-state index is 0.0834. The van der Waals surface area contributed by atoms with Crippen LogP contribution < -0.4 is 10.3 Å². The van der Waals surface area contributed by atoms with E-state index in [0.717, 1.165) is 36.1 Å². The SMILES string of the molecule is COc1cccc2oc(-c3c(COC4CCCCO4)nc4c(-c5ccccc5)c(C)[nH]n4c3=O)nc12. The van der Waals surface area contributed by atoms with E-state index in [4.69, 9.17) is 23.6 Å². The Morgan fingerprint density at radius 3 is 2.72 bits per heavy atom. The number of rotatable bonds is 6. The summed E-state index contributed by atoms with van der Waals surface area (Å²) < 4.78 is 24.7. The largest absolute Gasteiger partial charge is 0.494 e. The van der Waals surface area contributed by atoms with Crippen LogP contribution in [-0.2, 0) is 16.1 Å². The summed E-state index contributed by atoms with van der Waals surface area (Å²) in [6.45, 7) is 2.67. The van der Waals surface area contributed by atoms with Crippen molar-refractivity contribution in [3.05, 3.63) is 70.3 Å². The van der Waals surface area contributed by atoms with Crippen molar-refractivity contribution in [3.8, 4) is 28.3 Å². The third-order valence-corrected chi connectivity index (χ3v) is 6.46. The third-order valence-electron chi connectivity index (χ3n) is 6.46. The lowest BCUT2D eigenvalue weighted by molar-refractivity contribution is -0.169. The highest BCUT2D eigenvalue weighted by molar-refractivity contribution is 5.83. The maximum absolute atomic E-state index is 13.9. The Morgan fingerprint density at radius 2 is 1.94 bits per heavy atom. The molecule has 1 atom stereocenters. The Hall–Kier alpha value is -3.95. The summed E-state index contributed by atoms with van der Waals surface area (Å²) in [6, 6.07) is 15.3. The molecule has 0 saturated carbocycles. The lowest BCUT2D eigenvalue weighted by atomic mass is 10.1. The fourth-order valence-corrected chi connectivity index (χ4v) is 4.71. The van der Waals surface area contributed by atoms with Crippen molar-refractivity contribution in [2.45, 2.75) is 39.1 Å². The standard InChI is InChI=1S/C27H26N4O5/c1-16-22(17-9-4-3-5-10-17)25-28-18(15-35-21-13-6-7-14-34-21)23(27(32)31(25)30-16)26-29-24-19(33-2)11-8-12-20(24)36-26/h3-5,8-12,21,30H,6-7,13-15H2,1-2H3. The second-order valence-corrected chi connectivity index (χ2v) is 8.81. The highest BCUT2D eigenvalue weighted by Gasteiger charge is 2.25. The molecule has 1 unspecified atom stereocenters. The summed E-state index contributed by atoms with van der Waals surface area (Å²) in [4.78, 5) is 23.4. The summed E-state index contributed by atoms with van der Waals surface area (Å²) in [5.41, 5.74) is 4.57. The van der Waals surface area contributed by atoms with Crippen molar-refractivity contribution in [1.82, 2.24) is 19.6 Å². The van der Waals surface area contributed by atoms with Gasteiger partial charge in [-0.25, -0.2) is 14.5 Å². The first-order valence-electron chi connectivity index (χ1n) is 12.0. The van der Waals surface area contributed by atoms with Crippen LogP contribution in [0, 0.1) is 6.92 Å². The van der Waals surface area contributed by atoms with Crippen LogP contribution in [-0.4, -0.2) is 39.6 Å². The second kappa shape index (κ2) is 9.25. The number of hydrogen-bond donors (Lipinski definition) is 1. The molecule has 9 heteroatoms. The number of hydrogen-bond acceptors (Lipinski definition) is 7. The van der Waals surface area contributed by atoms with E-state index in [9.17, 15) is 4.79 Å². The molecule has 0 amide bonds. The molecule has 184 valence electrons. The van der Waals surface area contributed by atoms with Gasteiger partial charge >= 0.3 is 0 Å². The van der Waals surface area contributed by atoms with Crippen LogP contribution in [0.25, 0.3) is 39.3 Å². The lowest BCUT2D eigenvalue weighted by Crippen LogP contribution is -2.24. The Balaban J connectivity index is 1.55. The van der Waals surface area contributed by atoms with Crippen molar-refractivity contribution in [1.29, 1.82) is 0 Å². The number of aromatic nitrogens is 4. The van der Waals surface area contributed by atoms with Gasteiger partial charge in [0.15, 0.2) is 23.0 Å². The zero-order chi connectivity index (χ0) is 24.6. The number of nitrogens with one attached hydrogen (secondary N) is 1. The third kappa shape index (κ3) is 3.86. The molecule has 0 aliphatic carbocycles. The molecule has 1 saturated heterocycles. The van der Waals surface area contributed by atoms with Crippen molar-refractivity contribution in [2.75, 3.05) is 13.7 Å². The molecular weight excluding hydrogens is 460 g/mol. The fraction of sp³-hybridized carbons (Fsp3) is 0.296. The number of oxazole rings is 1. The topological polar surface area (TPSA) is 104 Å². The Labute approximate surface area is 206 Å². The Morgan fingerprint density at radius 1 is 1.08 bits per heavy atom. The summed E-state index contributed by atoms with van der Waals surface area (Å²) in [5, 5.41) is 3.18. The van der Waals surface area contributed by atoms with Crippen LogP contribution in [0.15, 0.2) is 57.7 Å². The molecule has 5 aromatic rings. The van der Waals surface area contributed by atoms with Crippen molar-refractivity contribution in [3.63, 3.8) is 0 Å². The molecule has 0 spiro atoms. The van der Waals surface area contributed by atoms with E-state index in [2.05, 4.69) is 10.1 Å². The summed E-state index contributed by atoms with van der Waals surface area (Å²) in [6.07, 6.45) is 2.52. The van der Waals surface area contributed by atoms with E-state index in [0.29, 0.717) is 34.8 Å². The minimum atomic E-state index is -0.336. The van der Waals surface area contributed by atoms with Gasteiger partial charge in [0.2, 0.25) is 5.89 Å². The highest BCUT2D eigenvalue weighted by Crippen LogP contribution is 2.32. The van der Waals surface area contributed by atoms with Crippen molar-refractivity contribution < 1.29 is 18.6 Å². The van der Waals surface area contributed by atoms with Gasteiger partial charge in [0.25, 0.3) is 5.56 Å². The van der Waals surface area contributed by atoms with Crippen molar-refractivity contribution in [2.24, 2.45) is 0 Å². The molecule has 4 heterocycles. The Bertz CT molecular complexity index is 1600. The number of nitrogens with zero attached hydrogens (tertiary/aromatic N) is 3. The lowest BCUT2D eigenvalue weighted by Gasteiger charge is -2.22. The number of fused-ring (bicyclic) bond motifs is 2. The molecule has 1 aliphatic heterocycles. The summed E-state index contributed by atoms with van der Waals surface area (Å²) in [5.74, 6) is 0.727. The quantitative estimate of drug-likeness (QED) is 0.366. The smallest absolute Gasteiger partial charge is 0.285 e. The zero-order valence-corrected chi connectivity index (χ0v) is 20.1. The normalized spacial score (nSPS) is 16.1. The van der Waals surface area contributed by atoms with Gasteiger partial charge < -0.3 is 18.6 Å². The molecule has 0 radical (unpaired) electrons. The van der Waals surface area contributed by atoms with Gasteiger partial charge in [-0.1, -0.05) is 36.4 Å². The van der Waals surface area contributed by atoms with E-state index in [1.165, 1.54) is 4.52 Å². The van der Waals surface area contributed by atoms with Crippen LogP contribution in [0.4, 0.5) is 0 Å². The fourth-order valence-electron chi connectivity index (χ4n) is 4.71. The van der Waals surface area contributed by atoms with Gasteiger partial charge in [-0.05, 0) is 43.9 Å². The molecule has 36 heavy (non-hydrogen) atoms. The van der Waals surface area contributed by atoms with Crippen LogP contribution in [0.1, 0.15) is 30.7 Å². The number of H-pyrrole nitrogens is 1. The first-order valence-corrected chi connectivity index (χ1v) is 12.0. The molecule has 1 N–H and O–H groups in total. The van der Waals surface area contributed by atoms with E-state index in [1.807, 2.05) is 43.3 Å². The molecule has 0 bridgehead atoms. The number of ether oxygens (including phenoxy) is 3. The van der Waals surface area contributed by atoms with Crippen molar-refractivity contribution >= 4 is 16.7 Å². The second-order valence-electron chi connectivity index (χ2n) is 8.81. The number of para-hydroxylation sites is 1. The molecule has 2 aromatic carbocycles. The van der Waals surface area contributed by atoms with E-state index >= 15 is 0 Å². The first kappa shape index (κ1) is 22.5. The first-order chi connectivity index (χ1) is 17.6. The Kier molecular flexibility index (Phi) is 5.79. The van der Waals surface area contributed by atoms with Gasteiger partial charge in [-0.2, -0.15) is 0 Å². The highest BCUT2D eigenvalue weighted by atomic mass is 16.7. The average Bonchev–Trinajstić information content (AvgIpc) is 3.49. The molecule has 1 aliphatic rings. The number of methoxy groups -OCH3 is 1. The number of aromatic amines is 1. The van der Waals surface area contributed by atoms with E-state index in [-0.39, 0.29) is 29.9 Å². The van der Waals surface area contributed by atoms with Crippen LogP contribution in [0.5, 0.6) is 5.75 Å². The van der Waals surface area contributed by atoms with Gasteiger partial charge in [0.05, 0.1) is 19.4 Å². The van der Waals surface area contributed by atoms with Gasteiger partial charge in [-0.3, -0.25) is 9.89 Å². The maximum atomic E-state index is 13.9. The van der Waals surface area contributed by atoms with Crippen LogP contribution >= 0.6 is 0 Å². The number of benzene rings is 2. The van der Waals surface area contributed by atoms with Gasteiger partial charge in [0.1, 0.15) is 11.3 Å². The predicted molar refractivity (Wildman–Crippen MR) is 134 cm³/mol. The van der Waals surface area contributed by atoms with Crippen LogP contribution in [0.3, 0.4) is 0 Å². The molecule has 6 rings (SSSR count). The van der Waals surface area contributed by atoms with Crippen LogP contribution in [0.2, 0.25) is 0 Å². The van der Waals surface area contributed by atoms with Gasteiger partial charge in [0, 0.05) is 17.9 Å². The maximum Gasteiger partial charge on any atom is 0.285 e. The molecule has 9 nitrogen and oxygen atoms in total. The monoisotopic (exact) mass is 486 g/mol. The summed E-state index contributed by atoms with van der Waals surface area (Å²) >= 11 is 0. The minimum Gasteiger partial charge on any atom is -0.494 e. The molecular formula is C27H26N4O5. The predicted octanol–water partition coefficient (Wildman–Crippen LogP) is 4.86. The molecule has 3 aromatic heterocycles. The van der Waals surface area contributed by atoms with E-state index in [1.54, 1.807) is 19.2 Å².